The molecule has 0 aliphatic rings. The lowest BCUT2D eigenvalue weighted by Crippen LogP contribution is -2.14. The average molecular weight is 422 g/mol. The summed E-state index contributed by atoms with van der Waals surface area (Å²) in [7, 11) is -3.70. The predicted octanol–water partition coefficient (Wildman–Crippen LogP) is 5.79. The van der Waals surface area contributed by atoms with Crippen LogP contribution in [0.1, 0.15) is 0 Å². The van der Waals surface area contributed by atoms with E-state index in [9.17, 15) is 4.57 Å². The zero-order valence-corrected chi connectivity index (χ0v) is 17.4. The van der Waals surface area contributed by atoms with Gasteiger partial charge in [-0.3, -0.25) is 0 Å². The zero-order chi connectivity index (χ0) is 21.2. The third kappa shape index (κ3) is 5.79. The summed E-state index contributed by atoms with van der Waals surface area (Å²) in [5, 5.41) is 0.448. The highest BCUT2D eigenvalue weighted by molar-refractivity contribution is 7.63. The zero-order valence-electron chi connectivity index (χ0n) is 16.5. The number of hydrogen-bond acceptors (Lipinski definition) is 5. The van der Waals surface area contributed by atoms with Crippen molar-refractivity contribution in [2.75, 3.05) is 13.2 Å². The maximum absolute atomic E-state index is 13.7. The molecule has 0 saturated heterocycles. The number of rotatable bonds is 11. The molecule has 3 aromatic carbocycles. The van der Waals surface area contributed by atoms with Crippen LogP contribution in [-0.2, 0) is 4.57 Å². The largest absolute Gasteiger partial charge is 0.490 e. The number of hydrogen-bond donors (Lipinski definition) is 0. The predicted molar refractivity (Wildman–Crippen MR) is 119 cm³/mol. The van der Waals surface area contributed by atoms with E-state index < -0.39 is 7.60 Å². The van der Waals surface area contributed by atoms with Crippen molar-refractivity contribution < 1.29 is 23.1 Å². The van der Waals surface area contributed by atoms with Gasteiger partial charge in [-0.25, -0.2) is 4.57 Å². The average Bonchev–Trinajstić information content (AvgIpc) is 2.79. The minimum Gasteiger partial charge on any atom is -0.490 e. The molecule has 0 aliphatic heterocycles. The van der Waals surface area contributed by atoms with Crippen molar-refractivity contribution in [1.82, 2.24) is 0 Å². The summed E-state index contributed by atoms with van der Waals surface area (Å²) in [5.41, 5.74) is 0. The monoisotopic (exact) mass is 422 g/mol. The Kier molecular flexibility index (Phi) is 7.36. The Morgan fingerprint density at radius 3 is 1.43 bits per heavy atom. The van der Waals surface area contributed by atoms with Gasteiger partial charge in [0.05, 0.1) is 5.30 Å². The molecule has 3 aromatic rings. The van der Waals surface area contributed by atoms with Crippen molar-refractivity contribution in [2.24, 2.45) is 0 Å². The van der Waals surface area contributed by atoms with E-state index in [4.69, 9.17) is 18.5 Å². The third-order valence-electron chi connectivity index (χ3n) is 3.91. The highest BCUT2D eigenvalue weighted by Gasteiger charge is 2.31. The van der Waals surface area contributed by atoms with Gasteiger partial charge in [0.2, 0.25) is 0 Å². The molecule has 3 rings (SSSR count). The van der Waals surface area contributed by atoms with Crippen molar-refractivity contribution in [3.63, 3.8) is 0 Å². The second kappa shape index (κ2) is 10.4. The van der Waals surface area contributed by atoms with Crippen molar-refractivity contribution in [3.8, 4) is 23.0 Å². The van der Waals surface area contributed by atoms with E-state index >= 15 is 0 Å². The molecule has 0 N–H and O–H groups in total. The van der Waals surface area contributed by atoms with E-state index in [-0.39, 0.29) is 0 Å². The standard InChI is InChI=1S/C24H23O5P/c1-3-18-26-20-10-14-22(15-11-20)28-30(25,24-8-6-5-7-9-24)29-23-16-12-21(13-17-23)27-19-4-2/h3-17H,1-2,18-19H2. The molecule has 0 radical (unpaired) electrons. The molecule has 5 nitrogen and oxygen atoms in total. The van der Waals surface area contributed by atoms with Crippen LogP contribution in [0.5, 0.6) is 23.0 Å². The second-order valence-electron chi connectivity index (χ2n) is 6.16. The maximum Gasteiger partial charge on any atom is 0.462 e. The first-order valence-electron chi connectivity index (χ1n) is 9.35. The molecule has 0 saturated carbocycles. The van der Waals surface area contributed by atoms with E-state index in [1.165, 1.54) is 0 Å². The molecule has 0 heterocycles. The Morgan fingerprint density at radius 2 is 1.03 bits per heavy atom. The van der Waals surface area contributed by atoms with E-state index in [0.717, 1.165) is 0 Å². The van der Waals surface area contributed by atoms with Crippen LogP contribution in [0.3, 0.4) is 0 Å². The van der Waals surface area contributed by atoms with Gasteiger partial charge in [0.25, 0.3) is 0 Å². The van der Waals surface area contributed by atoms with Gasteiger partial charge in [0.15, 0.2) is 0 Å². The Labute approximate surface area is 176 Å². The molecule has 0 atom stereocenters. The van der Waals surface area contributed by atoms with Gasteiger partial charge in [-0.05, 0) is 60.7 Å². The van der Waals surface area contributed by atoms with Crippen LogP contribution >= 0.6 is 7.60 Å². The molecule has 0 aromatic heterocycles. The van der Waals surface area contributed by atoms with Crippen molar-refractivity contribution in [2.45, 2.75) is 0 Å². The van der Waals surface area contributed by atoms with Gasteiger partial charge >= 0.3 is 7.60 Å². The van der Waals surface area contributed by atoms with Gasteiger partial charge in [-0.15, -0.1) is 0 Å². The number of ether oxygens (including phenoxy) is 2. The van der Waals surface area contributed by atoms with Crippen molar-refractivity contribution in [3.05, 3.63) is 104 Å². The summed E-state index contributed by atoms with van der Waals surface area (Å²) < 4.78 is 36.4. The van der Waals surface area contributed by atoms with Crippen LogP contribution in [0.4, 0.5) is 0 Å². The highest BCUT2D eigenvalue weighted by Crippen LogP contribution is 2.47. The molecule has 30 heavy (non-hydrogen) atoms. The van der Waals surface area contributed by atoms with Gasteiger partial charge in [-0.1, -0.05) is 43.5 Å². The molecular formula is C24H23O5P. The lowest BCUT2D eigenvalue weighted by Gasteiger charge is -2.20. The van der Waals surface area contributed by atoms with E-state index in [1.54, 1.807) is 84.9 Å². The smallest absolute Gasteiger partial charge is 0.462 e. The van der Waals surface area contributed by atoms with Crippen molar-refractivity contribution in [1.29, 1.82) is 0 Å². The summed E-state index contributed by atoms with van der Waals surface area (Å²) >= 11 is 0. The van der Waals surface area contributed by atoms with Crippen LogP contribution in [0.2, 0.25) is 0 Å². The molecule has 0 unspecified atom stereocenters. The Balaban J connectivity index is 1.82. The Bertz CT molecular complexity index is 937. The first-order chi connectivity index (χ1) is 14.6. The quantitative estimate of drug-likeness (QED) is 0.289. The maximum atomic E-state index is 13.7. The van der Waals surface area contributed by atoms with Crippen LogP contribution < -0.4 is 23.8 Å². The minimum absolute atomic E-state index is 0.401. The van der Waals surface area contributed by atoms with Gasteiger partial charge in [-0.2, -0.15) is 0 Å². The molecule has 0 aliphatic carbocycles. The van der Waals surface area contributed by atoms with Gasteiger partial charge in [0, 0.05) is 0 Å². The summed E-state index contributed by atoms with van der Waals surface area (Å²) in [6.45, 7) is 8.04. The first kappa shape index (κ1) is 21.3. The molecule has 6 heteroatoms. The topological polar surface area (TPSA) is 54.0 Å². The van der Waals surface area contributed by atoms with E-state index in [0.29, 0.717) is 41.5 Å². The fourth-order valence-corrected chi connectivity index (χ4v) is 4.10. The van der Waals surface area contributed by atoms with Crippen LogP contribution in [-0.4, -0.2) is 13.2 Å². The van der Waals surface area contributed by atoms with Gasteiger partial charge in [0.1, 0.15) is 36.2 Å². The Hall–Kier alpha value is -3.43. The lowest BCUT2D eigenvalue weighted by atomic mass is 10.3. The summed E-state index contributed by atoms with van der Waals surface area (Å²) in [6, 6.07) is 22.5. The number of benzene rings is 3. The lowest BCUT2D eigenvalue weighted by molar-refractivity contribution is 0.361. The fourth-order valence-electron chi connectivity index (χ4n) is 2.52. The third-order valence-corrected chi connectivity index (χ3v) is 5.74. The van der Waals surface area contributed by atoms with Crippen molar-refractivity contribution >= 4 is 12.9 Å². The fraction of sp³-hybridized carbons (Fsp3) is 0.0833. The van der Waals surface area contributed by atoms with Crippen LogP contribution in [0.15, 0.2) is 104 Å². The summed E-state index contributed by atoms with van der Waals surface area (Å²) in [4.78, 5) is 0. The summed E-state index contributed by atoms with van der Waals surface area (Å²) in [5.74, 6) is 2.12. The molecule has 0 bridgehead atoms. The summed E-state index contributed by atoms with van der Waals surface area (Å²) in [6.07, 6.45) is 3.32. The van der Waals surface area contributed by atoms with E-state index in [2.05, 4.69) is 13.2 Å². The highest BCUT2D eigenvalue weighted by atomic mass is 31.2. The van der Waals surface area contributed by atoms with Crippen LogP contribution in [0, 0.1) is 0 Å². The molecule has 0 amide bonds. The Morgan fingerprint density at radius 1 is 0.633 bits per heavy atom. The second-order valence-corrected chi connectivity index (χ2v) is 8.03. The SMILES string of the molecule is C=CCOc1ccc(OP(=O)(Oc2ccc(OCC=C)cc2)c2ccccc2)cc1. The molecule has 0 fully saturated rings. The van der Waals surface area contributed by atoms with E-state index in [1.807, 2.05) is 6.07 Å². The van der Waals surface area contributed by atoms with Crippen LogP contribution in [0.25, 0.3) is 0 Å². The first-order valence-corrected chi connectivity index (χ1v) is 10.9. The minimum atomic E-state index is -3.70. The molecule has 154 valence electrons. The normalized spacial score (nSPS) is 10.7. The molecule has 0 spiro atoms. The molecular weight excluding hydrogens is 399 g/mol. The van der Waals surface area contributed by atoms with Gasteiger partial charge < -0.3 is 18.5 Å².